The van der Waals surface area contributed by atoms with Gasteiger partial charge in [-0.25, -0.2) is 0 Å². The van der Waals surface area contributed by atoms with Gasteiger partial charge in [-0.1, -0.05) is 58.3 Å². The predicted molar refractivity (Wildman–Crippen MR) is 81.6 cm³/mol. The molecule has 114 valence electrons. The van der Waals surface area contributed by atoms with E-state index in [1.54, 1.807) is 0 Å². The van der Waals surface area contributed by atoms with Crippen molar-refractivity contribution < 1.29 is 9.90 Å². The van der Waals surface area contributed by atoms with E-state index in [4.69, 9.17) is 5.11 Å². The molecule has 0 saturated carbocycles. The van der Waals surface area contributed by atoms with Crippen LogP contribution in [-0.2, 0) is 4.79 Å². The van der Waals surface area contributed by atoms with Crippen LogP contribution in [0.4, 0.5) is 0 Å². The molecule has 3 heteroatoms. The topological polar surface area (TPSA) is 49.3 Å². The van der Waals surface area contributed by atoms with Gasteiger partial charge in [-0.3, -0.25) is 4.79 Å². The van der Waals surface area contributed by atoms with Crippen LogP contribution in [0.15, 0.2) is 0 Å². The summed E-state index contributed by atoms with van der Waals surface area (Å²) in [5, 5.41) is 12.0. The van der Waals surface area contributed by atoms with E-state index < -0.39 is 5.97 Å². The number of nitrogens with one attached hydrogen (secondary N) is 1. The summed E-state index contributed by atoms with van der Waals surface area (Å²) < 4.78 is 0. The molecular formula is C16H33NO2. The van der Waals surface area contributed by atoms with Crippen LogP contribution >= 0.6 is 0 Å². The Bertz CT molecular complexity index is 195. The van der Waals surface area contributed by atoms with Crippen molar-refractivity contribution in [2.75, 3.05) is 13.1 Å². The second-order valence-electron chi connectivity index (χ2n) is 5.43. The number of hydrogen-bond donors (Lipinski definition) is 2. The summed E-state index contributed by atoms with van der Waals surface area (Å²) in [5.41, 5.74) is 0. The largest absolute Gasteiger partial charge is 0.481 e. The van der Waals surface area contributed by atoms with Gasteiger partial charge in [-0.15, -0.1) is 0 Å². The Morgan fingerprint density at radius 3 is 1.79 bits per heavy atom. The van der Waals surface area contributed by atoms with Gasteiger partial charge in [0.1, 0.15) is 0 Å². The average Bonchev–Trinajstić information content (AvgIpc) is 2.39. The highest BCUT2D eigenvalue weighted by atomic mass is 16.4. The van der Waals surface area contributed by atoms with E-state index in [0.29, 0.717) is 6.42 Å². The van der Waals surface area contributed by atoms with Crippen molar-refractivity contribution >= 4 is 5.97 Å². The summed E-state index contributed by atoms with van der Waals surface area (Å²) in [6.07, 6.45) is 14.1. The molecule has 0 amide bonds. The van der Waals surface area contributed by atoms with Gasteiger partial charge < -0.3 is 10.4 Å². The molecule has 0 fully saturated rings. The number of carbonyl (C=O) groups is 1. The lowest BCUT2D eigenvalue weighted by Gasteiger charge is -2.04. The van der Waals surface area contributed by atoms with Crippen LogP contribution in [0.1, 0.15) is 84.0 Å². The van der Waals surface area contributed by atoms with E-state index in [1.165, 1.54) is 51.4 Å². The first-order valence-electron chi connectivity index (χ1n) is 8.20. The molecule has 0 spiro atoms. The van der Waals surface area contributed by atoms with Crippen LogP contribution in [-0.4, -0.2) is 24.2 Å². The zero-order valence-corrected chi connectivity index (χ0v) is 12.8. The summed E-state index contributed by atoms with van der Waals surface area (Å²) >= 11 is 0. The van der Waals surface area contributed by atoms with Crippen molar-refractivity contribution in [1.82, 2.24) is 5.32 Å². The fourth-order valence-electron chi connectivity index (χ4n) is 2.21. The quantitative estimate of drug-likeness (QED) is 0.435. The van der Waals surface area contributed by atoms with Gasteiger partial charge in [0.2, 0.25) is 0 Å². The molecule has 0 aliphatic rings. The monoisotopic (exact) mass is 271 g/mol. The molecule has 0 aromatic carbocycles. The van der Waals surface area contributed by atoms with Crippen molar-refractivity contribution in [3.63, 3.8) is 0 Å². The number of hydrogen-bond acceptors (Lipinski definition) is 2. The van der Waals surface area contributed by atoms with Crippen LogP contribution in [0.5, 0.6) is 0 Å². The third kappa shape index (κ3) is 17.4. The van der Waals surface area contributed by atoms with Crippen LogP contribution in [0.25, 0.3) is 0 Å². The maximum Gasteiger partial charge on any atom is 0.303 e. The summed E-state index contributed by atoms with van der Waals surface area (Å²) in [4.78, 5) is 10.3. The Kier molecular flexibility index (Phi) is 15.0. The van der Waals surface area contributed by atoms with Gasteiger partial charge in [0.25, 0.3) is 0 Å². The van der Waals surface area contributed by atoms with E-state index >= 15 is 0 Å². The van der Waals surface area contributed by atoms with Crippen molar-refractivity contribution in [1.29, 1.82) is 0 Å². The fourth-order valence-corrected chi connectivity index (χ4v) is 2.21. The normalized spacial score (nSPS) is 10.8. The van der Waals surface area contributed by atoms with E-state index in [0.717, 1.165) is 32.4 Å². The smallest absolute Gasteiger partial charge is 0.303 e. The molecule has 0 atom stereocenters. The van der Waals surface area contributed by atoms with Crippen LogP contribution in [0.3, 0.4) is 0 Å². The lowest BCUT2D eigenvalue weighted by Crippen LogP contribution is -2.16. The minimum atomic E-state index is -0.669. The molecule has 0 rings (SSSR count). The number of rotatable bonds is 15. The SMILES string of the molecule is CCCCCCCCCNCCCCCCC(=O)O. The standard InChI is InChI=1S/C16H33NO2/c1-2-3-4-5-6-8-11-14-17-15-12-9-7-10-13-16(18)19/h17H,2-15H2,1H3,(H,18,19). The van der Waals surface area contributed by atoms with Crippen molar-refractivity contribution in [3.05, 3.63) is 0 Å². The zero-order chi connectivity index (χ0) is 14.2. The minimum absolute atomic E-state index is 0.325. The molecule has 0 saturated heterocycles. The Morgan fingerprint density at radius 2 is 1.26 bits per heavy atom. The molecule has 0 aliphatic carbocycles. The second kappa shape index (κ2) is 15.5. The number of unbranched alkanes of at least 4 members (excludes halogenated alkanes) is 9. The van der Waals surface area contributed by atoms with Crippen LogP contribution < -0.4 is 5.32 Å². The summed E-state index contributed by atoms with van der Waals surface area (Å²) in [6.45, 7) is 4.48. The van der Waals surface area contributed by atoms with Gasteiger partial charge in [0.15, 0.2) is 0 Å². The third-order valence-electron chi connectivity index (χ3n) is 3.45. The first kappa shape index (κ1) is 18.4. The Balaban J connectivity index is 2.93. The Morgan fingerprint density at radius 1 is 0.789 bits per heavy atom. The maximum absolute atomic E-state index is 10.3. The Labute approximate surface area is 119 Å². The van der Waals surface area contributed by atoms with Gasteiger partial charge in [-0.05, 0) is 32.4 Å². The third-order valence-corrected chi connectivity index (χ3v) is 3.45. The molecule has 0 heterocycles. The number of carboxylic acid groups (broad SMARTS) is 1. The van der Waals surface area contributed by atoms with Crippen molar-refractivity contribution in [2.24, 2.45) is 0 Å². The van der Waals surface area contributed by atoms with Crippen LogP contribution in [0, 0.1) is 0 Å². The molecule has 3 nitrogen and oxygen atoms in total. The van der Waals surface area contributed by atoms with Crippen molar-refractivity contribution in [2.45, 2.75) is 84.0 Å². The van der Waals surface area contributed by atoms with Gasteiger partial charge >= 0.3 is 5.97 Å². The molecule has 0 bridgehead atoms. The van der Waals surface area contributed by atoms with E-state index in [-0.39, 0.29) is 0 Å². The lowest BCUT2D eigenvalue weighted by atomic mass is 10.1. The maximum atomic E-state index is 10.3. The molecule has 0 aromatic rings. The highest BCUT2D eigenvalue weighted by Crippen LogP contribution is 2.06. The van der Waals surface area contributed by atoms with Gasteiger partial charge in [0.05, 0.1) is 0 Å². The molecule has 0 radical (unpaired) electrons. The molecule has 0 aliphatic heterocycles. The minimum Gasteiger partial charge on any atom is -0.481 e. The molecule has 0 aromatic heterocycles. The van der Waals surface area contributed by atoms with Gasteiger partial charge in [-0.2, -0.15) is 0 Å². The van der Waals surface area contributed by atoms with E-state index in [9.17, 15) is 4.79 Å². The first-order valence-corrected chi connectivity index (χ1v) is 8.20. The summed E-state index contributed by atoms with van der Waals surface area (Å²) in [5.74, 6) is -0.669. The molecule has 0 unspecified atom stereocenters. The molecule has 2 N–H and O–H groups in total. The van der Waals surface area contributed by atoms with Crippen LogP contribution in [0.2, 0.25) is 0 Å². The molecular weight excluding hydrogens is 238 g/mol. The summed E-state index contributed by atoms with van der Waals surface area (Å²) in [6, 6.07) is 0. The number of carboxylic acids is 1. The fraction of sp³-hybridized carbons (Fsp3) is 0.938. The highest BCUT2D eigenvalue weighted by Gasteiger charge is 1.96. The van der Waals surface area contributed by atoms with E-state index in [1.807, 2.05) is 0 Å². The zero-order valence-electron chi connectivity index (χ0n) is 12.8. The first-order chi connectivity index (χ1) is 9.27. The summed E-state index contributed by atoms with van der Waals surface area (Å²) in [7, 11) is 0. The highest BCUT2D eigenvalue weighted by molar-refractivity contribution is 5.66. The van der Waals surface area contributed by atoms with E-state index in [2.05, 4.69) is 12.2 Å². The second-order valence-corrected chi connectivity index (χ2v) is 5.43. The molecule has 19 heavy (non-hydrogen) atoms. The van der Waals surface area contributed by atoms with Crippen molar-refractivity contribution in [3.8, 4) is 0 Å². The van der Waals surface area contributed by atoms with Gasteiger partial charge in [0, 0.05) is 6.42 Å². The Hall–Kier alpha value is -0.570. The lowest BCUT2D eigenvalue weighted by molar-refractivity contribution is -0.137. The number of aliphatic carboxylic acids is 1. The predicted octanol–water partition coefficient (Wildman–Crippen LogP) is 4.36. The average molecular weight is 271 g/mol.